The van der Waals surface area contributed by atoms with Crippen LogP contribution in [0, 0.1) is 11.3 Å². The standard InChI is InChI=1S/C17H20N6O2/c1-3-22(9-8-15(24)20-2)17(25)12-4-6-14(7-5-12)23-16(19)13(10-18)11-21-23/h4-7,11H,3,8-9,19H2,1-2H3,(H,20,24). The third kappa shape index (κ3) is 3.95. The van der Waals surface area contributed by atoms with Crippen LogP contribution in [0.1, 0.15) is 29.3 Å². The molecule has 0 aliphatic carbocycles. The Hall–Kier alpha value is -3.34. The summed E-state index contributed by atoms with van der Waals surface area (Å²) in [6.45, 7) is 2.73. The minimum Gasteiger partial charge on any atom is -0.382 e. The quantitative estimate of drug-likeness (QED) is 0.811. The van der Waals surface area contributed by atoms with E-state index in [-0.39, 0.29) is 24.1 Å². The van der Waals surface area contributed by atoms with Gasteiger partial charge in [0.25, 0.3) is 5.91 Å². The predicted octanol–water partition coefficient (Wildman–Crippen LogP) is 0.924. The summed E-state index contributed by atoms with van der Waals surface area (Å²) in [7, 11) is 1.57. The van der Waals surface area contributed by atoms with E-state index < -0.39 is 0 Å². The lowest BCUT2D eigenvalue weighted by Gasteiger charge is -2.20. The van der Waals surface area contributed by atoms with Crippen LogP contribution in [0.3, 0.4) is 0 Å². The average molecular weight is 340 g/mol. The molecule has 2 aromatic rings. The Kier molecular flexibility index (Phi) is 5.74. The topological polar surface area (TPSA) is 117 Å². The minimum absolute atomic E-state index is 0.107. The molecule has 2 rings (SSSR count). The van der Waals surface area contributed by atoms with Crippen LogP contribution in [0.15, 0.2) is 30.5 Å². The van der Waals surface area contributed by atoms with Crippen molar-refractivity contribution < 1.29 is 9.59 Å². The maximum Gasteiger partial charge on any atom is 0.253 e. The molecule has 0 spiro atoms. The molecule has 0 bridgehead atoms. The second-order valence-corrected chi connectivity index (χ2v) is 5.32. The van der Waals surface area contributed by atoms with Crippen LogP contribution in [0.2, 0.25) is 0 Å². The lowest BCUT2D eigenvalue weighted by Crippen LogP contribution is -2.34. The van der Waals surface area contributed by atoms with Crippen molar-refractivity contribution >= 4 is 17.6 Å². The van der Waals surface area contributed by atoms with Gasteiger partial charge in [-0.05, 0) is 31.2 Å². The number of nitriles is 1. The number of anilines is 1. The van der Waals surface area contributed by atoms with E-state index in [1.807, 2.05) is 13.0 Å². The van der Waals surface area contributed by atoms with Gasteiger partial charge in [-0.3, -0.25) is 9.59 Å². The maximum absolute atomic E-state index is 12.5. The summed E-state index contributed by atoms with van der Waals surface area (Å²) in [5.74, 6) is -0.00417. The number of nitrogen functional groups attached to an aromatic ring is 1. The highest BCUT2D eigenvalue weighted by Crippen LogP contribution is 2.17. The first kappa shape index (κ1) is 18.0. The fourth-order valence-electron chi connectivity index (χ4n) is 2.34. The summed E-state index contributed by atoms with van der Waals surface area (Å²) in [4.78, 5) is 25.5. The van der Waals surface area contributed by atoms with Gasteiger partial charge in [0.05, 0.1) is 11.9 Å². The maximum atomic E-state index is 12.5. The Balaban J connectivity index is 2.15. The summed E-state index contributed by atoms with van der Waals surface area (Å²) in [5, 5.41) is 15.5. The number of nitrogens with one attached hydrogen (secondary N) is 1. The summed E-state index contributed by atoms with van der Waals surface area (Å²) >= 11 is 0. The number of nitrogens with two attached hydrogens (primary N) is 1. The lowest BCUT2D eigenvalue weighted by atomic mass is 10.1. The molecule has 0 fully saturated rings. The van der Waals surface area contributed by atoms with E-state index in [4.69, 9.17) is 11.0 Å². The van der Waals surface area contributed by atoms with Crippen molar-refractivity contribution in [2.45, 2.75) is 13.3 Å². The van der Waals surface area contributed by atoms with Crippen LogP contribution in [-0.4, -0.2) is 46.6 Å². The van der Waals surface area contributed by atoms with Gasteiger partial charge in [-0.2, -0.15) is 10.4 Å². The van der Waals surface area contributed by atoms with Crippen LogP contribution < -0.4 is 11.1 Å². The van der Waals surface area contributed by atoms with Crippen LogP contribution >= 0.6 is 0 Å². The van der Waals surface area contributed by atoms with E-state index in [1.165, 1.54) is 10.9 Å². The van der Waals surface area contributed by atoms with Crippen molar-refractivity contribution in [3.63, 3.8) is 0 Å². The highest BCUT2D eigenvalue weighted by molar-refractivity contribution is 5.94. The van der Waals surface area contributed by atoms with Gasteiger partial charge < -0.3 is 16.0 Å². The molecule has 1 aromatic carbocycles. The first-order chi connectivity index (χ1) is 12.0. The Labute approximate surface area is 145 Å². The largest absolute Gasteiger partial charge is 0.382 e. The number of benzene rings is 1. The summed E-state index contributed by atoms with van der Waals surface area (Å²) < 4.78 is 1.44. The van der Waals surface area contributed by atoms with E-state index in [0.717, 1.165) is 0 Å². The van der Waals surface area contributed by atoms with Gasteiger partial charge in [-0.15, -0.1) is 0 Å². The highest BCUT2D eigenvalue weighted by atomic mass is 16.2. The summed E-state index contributed by atoms with van der Waals surface area (Å²) in [5.41, 5.74) is 7.32. The number of hydrogen-bond donors (Lipinski definition) is 2. The molecule has 2 amide bonds. The Morgan fingerprint density at radius 3 is 2.56 bits per heavy atom. The van der Waals surface area contributed by atoms with Gasteiger partial charge in [0.2, 0.25) is 5.91 Å². The zero-order valence-electron chi connectivity index (χ0n) is 14.2. The number of carbonyl (C=O) groups is 2. The molecule has 3 N–H and O–H groups in total. The van der Waals surface area contributed by atoms with Crippen molar-refractivity contribution in [3.05, 3.63) is 41.6 Å². The van der Waals surface area contributed by atoms with Crippen molar-refractivity contribution in [2.24, 2.45) is 0 Å². The highest BCUT2D eigenvalue weighted by Gasteiger charge is 2.16. The molecule has 0 atom stereocenters. The zero-order valence-corrected chi connectivity index (χ0v) is 14.2. The molecule has 1 aromatic heterocycles. The monoisotopic (exact) mass is 340 g/mol. The molecule has 8 nitrogen and oxygen atoms in total. The summed E-state index contributed by atoms with van der Waals surface area (Å²) in [6.07, 6.45) is 1.65. The molecule has 1 heterocycles. The average Bonchev–Trinajstić information content (AvgIpc) is 3.02. The number of rotatable bonds is 6. The second kappa shape index (κ2) is 7.97. The number of hydrogen-bond acceptors (Lipinski definition) is 5. The van der Waals surface area contributed by atoms with Crippen LogP contribution in [0.25, 0.3) is 5.69 Å². The van der Waals surface area contributed by atoms with Crippen molar-refractivity contribution in [1.82, 2.24) is 20.0 Å². The molecule has 0 aliphatic heterocycles. The smallest absolute Gasteiger partial charge is 0.253 e. The molecule has 8 heteroatoms. The van der Waals surface area contributed by atoms with Gasteiger partial charge in [0, 0.05) is 32.1 Å². The molecule has 0 saturated carbocycles. The fraction of sp³-hybridized carbons (Fsp3) is 0.294. The molecule has 0 radical (unpaired) electrons. The molecular weight excluding hydrogens is 320 g/mol. The number of nitrogens with zero attached hydrogens (tertiary/aromatic N) is 4. The van der Waals surface area contributed by atoms with Gasteiger partial charge >= 0.3 is 0 Å². The van der Waals surface area contributed by atoms with Gasteiger partial charge in [0.1, 0.15) is 17.5 Å². The van der Waals surface area contributed by atoms with Crippen LogP contribution in [0.4, 0.5) is 5.82 Å². The second-order valence-electron chi connectivity index (χ2n) is 5.32. The lowest BCUT2D eigenvalue weighted by molar-refractivity contribution is -0.120. The van der Waals surface area contributed by atoms with Crippen LogP contribution in [0.5, 0.6) is 0 Å². The third-order valence-corrected chi connectivity index (χ3v) is 3.84. The number of carbonyl (C=O) groups excluding carboxylic acids is 2. The molecular formula is C17H20N6O2. The summed E-state index contributed by atoms with van der Waals surface area (Å²) in [6, 6.07) is 8.74. The SMILES string of the molecule is CCN(CCC(=O)NC)C(=O)c1ccc(-n2ncc(C#N)c2N)cc1. The normalized spacial score (nSPS) is 10.1. The predicted molar refractivity (Wildman–Crippen MR) is 93.0 cm³/mol. The Morgan fingerprint density at radius 2 is 2.04 bits per heavy atom. The first-order valence-corrected chi connectivity index (χ1v) is 7.85. The zero-order chi connectivity index (χ0) is 18.4. The van der Waals surface area contributed by atoms with Gasteiger partial charge in [-0.1, -0.05) is 0 Å². The van der Waals surface area contributed by atoms with E-state index >= 15 is 0 Å². The fourth-order valence-corrected chi connectivity index (χ4v) is 2.34. The van der Waals surface area contributed by atoms with Crippen molar-refractivity contribution in [1.29, 1.82) is 5.26 Å². The molecule has 0 unspecified atom stereocenters. The first-order valence-electron chi connectivity index (χ1n) is 7.85. The van der Waals surface area contributed by atoms with E-state index in [9.17, 15) is 9.59 Å². The minimum atomic E-state index is -0.149. The van der Waals surface area contributed by atoms with Gasteiger partial charge in [-0.25, -0.2) is 4.68 Å². The van der Waals surface area contributed by atoms with E-state index in [2.05, 4.69) is 10.4 Å². The van der Waals surface area contributed by atoms with Crippen LogP contribution in [-0.2, 0) is 4.79 Å². The third-order valence-electron chi connectivity index (χ3n) is 3.84. The van der Waals surface area contributed by atoms with Gasteiger partial charge in [0.15, 0.2) is 0 Å². The molecule has 130 valence electrons. The number of amides is 2. The molecule has 0 saturated heterocycles. The number of aromatic nitrogens is 2. The van der Waals surface area contributed by atoms with Crippen molar-refractivity contribution in [3.8, 4) is 11.8 Å². The Morgan fingerprint density at radius 1 is 1.36 bits per heavy atom. The van der Waals surface area contributed by atoms with E-state index in [0.29, 0.717) is 29.9 Å². The Bertz CT molecular complexity index is 804. The van der Waals surface area contributed by atoms with E-state index in [1.54, 1.807) is 36.2 Å². The van der Waals surface area contributed by atoms with Crippen molar-refractivity contribution in [2.75, 3.05) is 25.9 Å². The molecule has 0 aliphatic rings. The molecule has 25 heavy (non-hydrogen) atoms.